The van der Waals surface area contributed by atoms with Crippen LogP contribution in [0.25, 0.3) is 0 Å². The van der Waals surface area contributed by atoms with Crippen LogP contribution in [-0.4, -0.2) is 36.6 Å². The summed E-state index contributed by atoms with van der Waals surface area (Å²) in [6.07, 6.45) is 0.381. The van der Waals surface area contributed by atoms with Gasteiger partial charge in [-0.2, -0.15) is 0 Å². The van der Waals surface area contributed by atoms with Crippen molar-refractivity contribution in [2.24, 2.45) is 0 Å². The van der Waals surface area contributed by atoms with E-state index in [1.165, 1.54) is 5.56 Å². The van der Waals surface area contributed by atoms with Crippen molar-refractivity contribution in [1.82, 2.24) is 5.32 Å². The molecule has 0 heterocycles. The summed E-state index contributed by atoms with van der Waals surface area (Å²) >= 11 is 0. The van der Waals surface area contributed by atoms with Crippen molar-refractivity contribution in [3.8, 4) is 0 Å². The number of aliphatic hydroxyl groups excluding tert-OH is 1. The first-order chi connectivity index (χ1) is 10.5. The van der Waals surface area contributed by atoms with Crippen LogP contribution >= 0.6 is 0 Å². The first kappa shape index (κ1) is 19.7. The number of hydrogen-bond donors (Lipinski definition) is 2. The number of ether oxygens (including phenoxy) is 1. The van der Waals surface area contributed by atoms with Crippen LogP contribution in [0.2, 0.25) is 19.6 Å². The number of carbonyl (C=O) groups is 1. The molecule has 0 bridgehead atoms. The lowest BCUT2D eigenvalue weighted by atomic mass is 10.1. The molecule has 0 aliphatic heterocycles. The van der Waals surface area contributed by atoms with Gasteiger partial charge in [-0.3, -0.25) is 0 Å². The lowest BCUT2D eigenvalue weighted by Crippen LogP contribution is -2.58. The molecule has 0 saturated heterocycles. The smallest absolute Gasteiger partial charge is 0.407 e. The van der Waals surface area contributed by atoms with E-state index in [4.69, 9.17) is 4.74 Å². The second-order valence-corrected chi connectivity index (χ2v) is 13.4. The van der Waals surface area contributed by atoms with Gasteiger partial charge >= 0.3 is 6.09 Å². The highest BCUT2D eigenvalue weighted by Gasteiger charge is 2.35. The van der Waals surface area contributed by atoms with Gasteiger partial charge in [-0.15, -0.1) is 0 Å². The summed E-state index contributed by atoms with van der Waals surface area (Å²) < 4.78 is 5.34. The first-order valence-electron chi connectivity index (χ1n) is 8.20. The van der Waals surface area contributed by atoms with Gasteiger partial charge in [-0.1, -0.05) is 50.0 Å². The van der Waals surface area contributed by atoms with E-state index in [9.17, 15) is 9.90 Å². The fraction of sp³-hybridized carbons (Fsp3) is 0.611. The molecule has 2 atom stereocenters. The van der Waals surface area contributed by atoms with Gasteiger partial charge in [0.1, 0.15) is 5.60 Å². The number of hydrogen-bond acceptors (Lipinski definition) is 3. The Bertz CT molecular complexity index is 491. The van der Waals surface area contributed by atoms with Gasteiger partial charge in [0, 0.05) is 5.67 Å². The Labute approximate surface area is 141 Å². The molecule has 1 amide bonds. The monoisotopic (exact) mass is 337 g/mol. The standard InChI is InChI=1S/C18H31NO3Si/c1-18(2,3)22-17(21)19-16(23(4,5)6)15(20)13-12-14-10-8-7-9-11-14/h7-11,15-16,20H,12-13H2,1-6H3,(H,19,21)/t15?,16-/m0/s1. The van der Waals surface area contributed by atoms with Crippen LogP contribution in [0.3, 0.4) is 0 Å². The molecule has 0 spiro atoms. The van der Waals surface area contributed by atoms with Crippen LogP contribution in [-0.2, 0) is 11.2 Å². The number of carbonyl (C=O) groups excluding carboxylic acids is 1. The van der Waals surface area contributed by atoms with Crippen molar-refractivity contribution >= 4 is 14.2 Å². The molecule has 2 N–H and O–H groups in total. The van der Waals surface area contributed by atoms with Crippen molar-refractivity contribution < 1.29 is 14.6 Å². The highest BCUT2D eigenvalue weighted by atomic mass is 28.3. The van der Waals surface area contributed by atoms with Crippen LogP contribution in [0, 0.1) is 0 Å². The summed E-state index contributed by atoms with van der Waals surface area (Å²) in [6.45, 7) is 11.9. The minimum Gasteiger partial charge on any atom is -0.444 e. The topological polar surface area (TPSA) is 58.6 Å². The number of benzene rings is 1. The van der Waals surface area contributed by atoms with Crippen molar-refractivity contribution in [3.05, 3.63) is 35.9 Å². The van der Waals surface area contributed by atoms with Crippen molar-refractivity contribution in [2.45, 2.75) is 70.6 Å². The molecule has 0 fully saturated rings. The first-order valence-corrected chi connectivity index (χ1v) is 11.8. The lowest BCUT2D eigenvalue weighted by Gasteiger charge is -2.34. The Morgan fingerprint density at radius 3 is 2.26 bits per heavy atom. The zero-order valence-corrected chi connectivity index (χ0v) is 16.2. The van der Waals surface area contributed by atoms with E-state index in [1.54, 1.807) is 0 Å². The van der Waals surface area contributed by atoms with Gasteiger partial charge in [0.05, 0.1) is 14.2 Å². The summed E-state index contributed by atoms with van der Waals surface area (Å²) in [5.41, 5.74) is 0.419. The van der Waals surface area contributed by atoms with Gasteiger partial charge in [0.25, 0.3) is 0 Å². The zero-order chi connectivity index (χ0) is 17.7. The molecule has 23 heavy (non-hydrogen) atoms. The predicted octanol–water partition coefficient (Wildman–Crippen LogP) is 3.75. The minimum atomic E-state index is -1.79. The van der Waals surface area contributed by atoms with Crippen LogP contribution in [0.15, 0.2) is 30.3 Å². The van der Waals surface area contributed by atoms with Crippen LogP contribution in [0.5, 0.6) is 0 Å². The van der Waals surface area contributed by atoms with E-state index in [-0.39, 0.29) is 5.67 Å². The highest BCUT2D eigenvalue weighted by molar-refractivity contribution is 6.78. The fourth-order valence-corrected chi connectivity index (χ4v) is 4.32. The van der Waals surface area contributed by atoms with E-state index in [0.717, 1.165) is 6.42 Å². The lowest BCUT2D eigenvalue weighted by molar-refractivity contribution is 0.0461. The van der Waals surface area contributed by atoms with E-state index < -0.39 is 25.9 Å². The number of aryl methyl sites for hydroxylation is 1. The predicted molar refractivity (Wildman–Crippen MR) is 97.3 cm³/mol. The number of aliphatic hydroxyl groups is 1. The molecule has 0 aromatic heterocycles. The Balaban J connectivity index is 2.68. The average Bonchev–Trinajstić information content (AvgIpc) is 2.40. The molecular weight excluding hydrogens is 306 g/mol. The molecule has 0 saturated carbocycles. The van der Waals surface area contributed by atoms with E-state index in [2.05, 4.69) is 37.1 Å². The molecular formula is C18H31NO3Si. The van der Waals surface area contributed by atoms with Gasteiger partial charge in [0.2, 0.25) is 0 Å². The van der Waals surface area contributed by atoms with Crippen molar-refractivity contribution in [3.63, 3.8) is 0 Å². The molecule has 130 valence electrons. The highest BCUT2D eigenvalue weighted by Crippen LogP contribution is 2.17. The Kier molecular flexibility index (Phi) is 6.83. The SMILES string of the molecule is CC(C)(C)OC(=O)N[C@H](C(O)CCc1ccccc1)[Si](C)(C)C. The van der Waals surface area contributed by atoms with Gasteiger partial charge in [-0.05, 0) is 39.2 Å². The third-order valence-electron chi connectivity index (χ3n) is 3.56. The third kappa shape index (κ3) is 7.66. The van der Waals surface area contributed by atoms with Crippen molar-refractivity contribution in [1.29, 1.82) is 0 Å². The second kappa shape index (κ2) is 7.97. The summed E-state index contributed by atoms with van der Waals surface area (Å²) in [5, 5.41) is 13.5. The molecule has 0 aliphatic rings. The Hall–Kier alpha value is -1.33. The van der Waals surface area contributed by atoms with Crippen LogP contribution in [0.4, 0.5) is 4.79 Å². The second-order valence-electron chi connectivity index (χ2n) is 8.08. The fourth-order valence-electron chi connectivity index (χ4n) is 2.45. The summed E-state index contributed by atoms with van der Waals surface area (Å²) in [7, 11) is -1.79. The van der Waals surface area contributed by atoms with Crippen molar-refractivity contribution in [2.75, 3.05) is 0 Å². The Morgan fingerprint density at radius 1 is 1.22 bits per heavy atom. The quantitative estimate of drug-likeness (QED) is 0.777. The normalized spacial score (nSPS) is 14.9. The zero-order valence-electron chi connectivity index (χ0n) is 15.2. The van der Waals surface area contributed by atoms with Gasteiger partial charge in [-0.25, -0.2) is 4.79 Å². The van der Waals surface area contributed by atoms with Crippen LogP contribution < -0.4 is 5.32 Å². The molecule has 0 aliphatic carbocycles. The summed E-state index contributed by atoms with van der Waals surface area (Å²) in [6, 6.07) is 10.1. The van der Waals surface area contributed by atoms with E-state index in [1.807, 2.05) is 39.0 Å². The molecule has 4 nitrogen and oxygen atoms in total. The molecule has 1 aromatic carbocycles. The third-order valence-corrected chi connectivity index (χ3v) is 5.96. The molecule has 1 aromatic rings. The van der Waals surface area contributed by atoms with E-state index in [0.29, 0.717) is 6.42 Å². The minimum absolute atomic E-state index is 0.235. The molecule has 1 rings (SSSR count). The summed E-state index contributed by atoms with van der Waals surface area (Å²) in [5.74, 6) is 0. The maximum Gasteiger partial charge on any atom is 0.407 e. The maximum atomic E-state index is 12.1. The molecule has 5 heteroatoms. The summed E-state index contributed by atoms with van der Waals surface area (Å²) in [4.78, 5) is 12.1. The molecule has 1 unspecified atom stereocenters. The molecule has 0 radical (unpaired) electrons. The average molecular weight is 338 g/mol. The van der Waals surface area contributed by atoms with E-state index >= 15 is 0 Å². The maximum absolute atomic E-state index is 12.1. The Morgan fingerprint density at radius 2 is 1.78 bits per heavy atom. The largest absolute Gasteiger partial charge is 0.444 e. The number of rotatable bonds is 6. The van der Waals surface area contributed by atoms with Crippen LogP contribution in [0.1, 0.15) is 32.8 Å². The van der Waals surface area contributed by atoms with Gasteiger partial charge in [0.15, 0.2) is 0 Å². The number of nitrogens with one attached hydrogen (secondary N) is 1. The van der Waals surface area contributed by atoms with Gasteiger partial charge < -0.3 is 15.2 Å². The number of alkyl carbamates (subject to hydrolysis) is 1. The number of amides is 1.